The highest BCUT2D eigenvalue weighted by Gasteiger charge is 2.38. The summed E-state index contributed by atoms with van der Waals surface area (Å²) in [6.45, 7) is 0. The molecular weight excluding hydrogens is 238 g/mol. The van der Waals surface area contributed by atoms with Crippen molar-refractivity contribution >= 4 is 17.1 Å². The van der Waals surface area contributed by atoms with Crippen LogP contribution in [0.15, 0.2) is 42.9 Å². The molecule has 2 atom stereocenters. The number of H-pyrrole nitrogens is 1. The van der Waals surface area contributed by atoms with Gasteiger partial charge in [-0.25, -0.2) is 9.97 Å². The number of imidazole rings is 1. The van der Waals surface area contributed by atoms with E-state index in [1.807, 2.05) is 6.07 Å². The summed E-state index contributed by atoms with van der Waals surface area (Å²) in [5, 5.41) is 3.37. The predicted molar refractivity (Wildman–Crippen MR) is 72.9 cm³/mol. The monoisotopic (exact) mass is 251 g/mol. The Morgan fingerprint density at radius 3 is 2.95 bits per heavy atom. The van der Waals surface area contributed by atoms with Crippen LogP contribution in [0, 0.1) is 0 Å². The van der Waals surface area contributed by atoms with Gasteiger partial charge in [0.05, 0.1) is 12.5 Å². The number of hydrogen-bond acceptors (Lipinski definition) is 4. The molecule has 0 spiro atoms. The zero-order valence-corrected chi connectivity index (χ0v) is 10.2. The van der Waals surface area contributed by atoms with E-state index in [-0.39, 0.29) is 0 Å². The standard InChI is InChI=1S/C14H13N5/c1-2-4-9(5-3-1)10-6-11(10)18-14-15-7-12-13(19-14)17-8-16-12/h1-5,7-8,10-11H,6H2,(H2,15,16,17,18,19). The molecule has 2 unspecified atom stereocenters. The van der Waals surface area contributed by atoms with Crippen molar-refractivity contribution < 1.29 is 0 Å². The summed E-state index contributed by atoms with van der Waals surface area (Å²) in [6, 6.07) is 11.0. The Bertz CT molecular complexity index is 706. The predicted octanol–water partition coefficient (Wildman–Crippen LogP) is 2.32. The Kier molecular flexibility index (Phi) is 2.24. The molecule has 19 heavy (non-hydrogen) atoms. The van der Waals surface area contributed by atoms with Crippen molar-refractivity contribution in [2.24, 2.45) is 0 Å². The third kappa shape index (κ3) is 1.93. The Labute approximate surface area is 110 Å². The molecule has 0 radical (unpaired) electrons. The highest BCUT2D eigenvalue weighted by molar-refractivity contribution is 5.69. The smallest absolute Gasteiger partial charge is 0.225 e. The third-order valence-corrected chi connectivity index (χ3v) is 3.51. The minimum Gasteiger partial charge on any atom is -0.351 e. The molecule has 1 aromatic carbocycles. The van der Waals surface area contributed by atoms with E-state index in [2.05, 4.69) is 49.5 Å². The highest BCUT2D eigenvalue weighted by atomic mass is 15.2. The van der Waals surface area contributed by atoms with Gasteiger partial charge in [0.25, 0.3) is 0 Å². The number of aromatic nitrogens is 4. The van der Waals surface area contributed by atoms with Crippen LogP contribution in [0.25, 0.3) is 11.2 Å². The van der Waals surface area contributed by atoms with E-state index in [9.17, 15) is 0 Å². The first kappa shape index (κ1) is 10.5. The number of nitrogens with zero attached hydrogens (tertiary/aromatic N) is 3. The summed E-state index contributed by atoms with van der Waals surface area (Å²) in [5.41, 5.74) is 2.94. The lowest BCUT2D eigenvalue weighted by Crippen LogP contribution is -2.07. The van der Waals surface area contributed by atoms with Gasteiger partial charge >= 0.3 is 0 Å². The van der Waals surface area contributed by atoms with E-state index >= 15 is 0 Å². The second-order valence-corrected chi connectivity index (χ2v) is 4.84. The number of aromatic amines is 1. The van der Waals surface area contributed by atoms with Gasteiger partial charge in [-0.05, 0) is 12.0 Å². The number of rotatable bonds is 3. The van der Waals surface area contributed by atoms with E-state index in [1.54, 1.807) is 12.5 Å². The number of anilines is 1. The second-order valence-electron chi connectivity index (χ2n) is 4.84. The van der Waals surface area contributed by atoms with E-state index in [0.29, 0.717) is 23.6 Å². The molecule has 1 fully saturated rings. The SMILES string of the molecule is c1ccc(C2CC2Nc2ncc3[nH]cnc3n2)cc1. The van der Waals surface area contributed by atoms with E-state index in [0.717, 1.165) is 11.9 Å². The maximum atomic E-state index is 4.38. The van der Waals surface area contributed by atoms with Gasteiger partial charge < -0.3 is 10.3 Å². The van der Waals surface area contributed by atoms with Crippen LogP contribution in [-0.2, 0) is 0 Å². The van der Waals surface area contributed by atoms with Gasteiger partial charge in [-0.1, -0.05) is 30.3 Å². The van der Waals surface area contributed by atoms with Crippen molar-refractivity contribution in [1.82, 2.24) is 19.9 Å². The summed E-state index contributed by atoms with van der Waals surface area (Å²) in [7, 11) is 0. The fraction of sp³-hybridized carbons (Fsp3) is 0.214. The lowest BCUT2D eigenvalue weighted by atomic mass is 10.1. The summed E-state index contributed by atoms with van der Waals surface area (Å²) in [4.78, 5) is 15.8. The van der Waals surface area contributed by atoms with Crippen LogP contribution in [0.2, 0.25) is 0 Å². The summed E-state index contributed by atoms with van der Waals surface area (Å²) in [5.74, 6) is 1.22. The maximum Gasteiger partial charge on any atom is 0.225 e. The van der Waals surface area contributed by atoms with Crippen molar-refractivity contribution in [2.75, 3.05) is 5.32 Å². The minimum absolute atomic E-state index is 0.429. The highest BCUT2D eigenvalue weighted by Crippen LogP contribution is 2.42. The van der Waals surface area contributed by atoms with Gasteiger partial charge in [-0.3, -0.25) is 0 Å². The summed E-state index contributed by atoms with van der Waals surface area (Å²) < 4.78 is 0. The maximum absolute atomic E-state index is 4.38. The molecule has 5 heteroatoms. The van der Waals surface area contributed by atoms with Gasteiger partial charge in [0.15, 0.2) is 5.65 Å². The van der Waals surface area contributed by atoms with Crippen molar-refractivity contribution in [3.05, 3.63) is 48.4 Å². The third-order valence-electron chi connectivity index (χ3n) is 3.51. The van der Waals surface area contributed by atoms with Crippen LogP contribution in [0.5, 0.6) is 0 Å². The van der Waals surface area contributed by atoms with Crippen molar-refractivity contribution in [2.45, 2.75) is 18.4 Å². The Hall–Kier alpha value is -2.43. The van der Waals surface area contributed by atoms with Crippen molar-refractivity contribution in [3.63, 3.8) is 0 Å². The number of hydrogen-bond donors (Lipinski definition) is 2. The number of fused-ring (bicyclic) bond motifs is 1. The average molecular weight is 251 g/mol. The molecule has 0 bridgehead atoms. The molecule has 4 rings (SSSR count). The molecular formula is C14H13N5. The lowest BCUT2D eigenvalue weighted by Gasteiger charge is -2.03. The Morgan fingerprint density at radius 1 is 1.16 bits per heavy atom. The van der Waals surface area contributed by atoms with Gasteiger partial charge in [-0.15, -0.1) is 0 Å². The Balaban J connectivity index is 1.51. The molecule has 0 saturated heterocycles. The quantitative estimate of drug-likeness (QED) is 0.749. The molecule has 2 heterocycles. The molecule has 2 N–H and O–H groups in total. The van der Waals surface area contributed by atoms with Crippen LogP contribution in [0.4, 0.5) is 5.95 Å². The van der Waals surface area contributed by atoms with Crippen molar-refractivity contribution in [3.8, 4) is 0 Å². The summed E-state index contributed by atoms with van der Waals surface area (Å²) >= 11 is 0. The normalized spacial score (nSPS) is 21.5. The second kappa shape index (κ2) is 4.05. The zero-order chi connectivity index (χ0) is 12.7. The number of nitrogens with one attached hydrogen (secondary N) is 2. The van der Waals surface area contributed by atoms with E-state index in [4.69, 9.17) is 0 Å². The van der Waals surface area contributed by atoms with Crippen LogP contribution in [0.3, 0.4) is 0 Å². The molecule has 0 aliphatic heterocycles. The first-order valence-electron chi connectivity index (χ1n) is 6.38. The van der Waals surface area contributed by atoms with Crippen LogP contribution >= 0.6 is 0 Å². The van der Waals surface area contributed by atoms with Crippen molar-refractivity contribution in [1.29, 1.82) is 0 Å². The molecule has 5 nitrogen and oxygen atoms in total. The van der Waals surface area contributed by atoms with E-state index < -0.39 is 0 Å². The topological polar surface area (TPSA) is 66.5 Å². The van der Waals surface area contributed by atoms with Gasteiger partial charge in [0, 0.05) is 12.0 Å². The average Bonchev–Trinajstić information content (AvgIpc) is 3.06. The number of benzene rings is 1. The first-order chi connectivity index (χ1) is 9.40. The molecule has 0 amide bonds. The van der Waals surface area contributed by atoms with E-state index in [1.165, 1.54) is 5.56 Å². The summed E-state index contributed by atoms with van der Waals surface area (Å²) in [6.07, 6.45) is 4.52. The molecule has 94 valence electrons. The van der Waals surface area contributed by atoms with Crippen LogP contribution in [-0.4, -0.2) is 26.0 Å². The van der Waals surface area contributed by atoms with Crippen LogP contribution < -0.4 is 5.32 Å². The molecule has 3 aromatic rings. The molecule has 1 aliphatic carbocycles. The largest absolute Gasteiger partial charge is 0.351 e. The van der Waals surface area contributed by atoms with Crippen LogP contribution in [0.1, 0.15) is 17.9 Å². The fourth-order valence-electron chi connectivity index (χ4n) is 2.39. The minimum atomic E-state index is 0.429. The molecule has 1 aliphatic rings. The van der Waals surface area contributed by atoms with Gasteiger partial charge in [-0.2, -0.15) is 4.98 Å². The van der Waals surface area contributed by atoms with Gasteiger partial charge in [0.2, 0.25) is 5.95 Å². The Morgan fingerprint density at radius 2 is 2.05 bits per heavy atom. The molecule has 1 saturated carbocycles. The van der Waals surface area contributed by atoms with Gasteiger partial charge in [0.1, 0.15) is 5.52 Å². The first-order valence-corrected chi connectivity index (χ1v) is 6.38. The zero-order valence-electron chi connectivity index (χ0n) is 10.2. The fourth-order valence-corrected chi connectivity index (χ4v) is 2.39. The molecule has 2 aromatic heterocycles. The lowest BCUT2D eigenvalue weighted by molar-refractivity contribution is 1.01.